The van der Waals surface area contributed by atoms with Gasteiger partial charge in [-0.15, -0.1) is 11.3 Å². The van der Waals surface area contributed by atoms with Gasteiger partial charge in [-0.2, -0.15) is 5.26 Å². The van der Waals surface area contributed by atoms with E-state index < -0.39 is 58.4 Å². The molecule has 4 aliphatic rings. The summed E-state index contributed by atoms with van der Waals surface area (Å²) in [5, 5.41) is 39.8. The Hall–Kier alpha value is -5.68. The number of aliphatic hydroxyl groups excluding tert-OH is 2. The highest BCUT2D eigenvalue weighted by Crippen LogP contribution is 2.55. The number of fused-ring (bicyclic) bond motifs is 2. The van der Waals surface area contributed by atoms with Crippen molar-refractivity contribution < 1.29 is 38.9 Å². The summed E-state index contributed by atoms with van der Waals surface area (Å²) in [5.74, 6) is -0.444. The quantitative estimate of drug-likeness (QED) is 0.0718. The molecule has 0 unspecified atom stereocenters. The molecule has 4 fully saturated rings. The molecule has 3 saturated heterocycles. The zero-order valence-corrected chi connectivity index (χ0v) is 43.0. The fraction of sp³-hybridized carbons (Fsp3) is 0.519. The van der Waals surface area contributed by atoms with Crippen molar-refractivity contribution in [3.8, 4) is 22.3 Å². The number of nitriles is 1. The Balaban J connectivity index is 0.774. The number of ether oxygens (including phenoxy) is 2. The summed E-state index contributed by atoms with van der Waals surface area (Å²) in [4.78, 5) is 70.4. The van der Waals surface area contributed by atoms with E-state index >= 15 is 0 Å². The van der Waals surface area contributed by atoms with Crippen LogP contribution in [-0.4, -0.2) is 135 Å². The number of halogens is 1. The minimum atomic E-state index is -1.35. The van der Waals surface area contributed by atoms with Crippen LogP contribution in [0.1, 0.15) is 94.7 Å². The SMILES string of the molecule is Cc1ncsc1-c1ccc([C@H](O)NC(=O)[C@@H]2C[C@@H](O)CN2C(=O)[C@@H](NC(=O)COCCN2C[C@@H]3C[C@H]2CN3c2ccc(C(=O)NC3C(C)(C)C(Oc4ccc(C#N)c(Cl)c4)C3(C)C)cn2)C(C)(C)C)cc1. The average molecular weight is 1010 g/mol. The molecule has 2 aromatic heterocycles. The molecule has 1 saturated carbocycles. The lowest BCUT2D eigenvalue weighted by Crippen LogP contribution is -2.74. The molecule has 71 heavy (non-hydrogen) atoms. The summed E-state index contributed by atoms with van der Waals surface area (Å²) >= 11 is 7.77. The van der Waals surface area contributed by atoms with Crippen molar-refractivity contribution in [3.05, 3.63) is 93.7 Å². The van der Waals surface area contributed by atoms with Crippen molar-refractivity contribution >= 4 is 52.4 Å². The van der Waals surface area contributed by atoms with E-state index in [0.717, 1.165) is 41.5 Å². The molecule has 1 aliphatic carbocycles. The van der Waals surface area contributed by atoms with E-state index in [1.165, 1.54) is 16.2 Å². The van der Waals surface area contributed by atoms with Crippen LogP contribution in [0.25, 0.3) is 10.4 Å². The van der Waals surface area contributed by atoms with Gasteiger partial charge in [-0.1, -0.05) is 84.3 Å². The number of aryl methyl sites for hydroxylation is 1. The van der Waals surface area contributed by atoms with Gasteiger partial charge >= 0.3 is 0 Å². The van der Waals surface area contributed by atoms with Gasteiger partial charge < -0.3 is 45.4 Å². The lowest BCUT2D eigenvalue weighted by molar-refractivity contribution is -0.164. The van der Waals surface area contributed by atoms with Crippen LogP contribution in [-0.2, 0) is 19.1 Å². The molecular formula is C52H64ClN9O8S. The molecule has 0 spiro atoms. The number of hydrogen-bond donors (Lipinski definition) is 5. The van der Waals surface area contributed by atoms with Crippen LogP contribution in [0.4, 0.5) is 5.82 Å². The maximum atomic E-state index is 14.1. The van der Waals surface area contributed by atoms with E-state index in [0.29, 0.717) is 40.6 Å². The molecule has 17 nitrogen and oxygen atoms in total. The van der Waals surface area contributed by atoms with Crippen molar-refractivity contribution in [1.82, 2.24) is 35.7 Å². The molecule has 8 rings (SSSR count). The van der Waals surface area contributed by atoms with Gasteiger partial charge in [0.05, 0.1) is 44.9 Å². The number of carbonyl (C=O) groups is 4. The highest BCUT2D eigenvalue weighted by atomic mass is 35.5. The van der Waals surface area contributed by atoms with Gasteiger partial charge in [0.25, 0.3) is 5.91 Å². The fourth-order valence-corrected chi connectivity index (χ4v) is 12.2. The molecule has 4 amide bonds. The van der Waals surface area contributed by atoms with Crippen molar-refractivity contribution in [3.63, 3.8) is 0 Å². The molecule has 2 bridgehead atoms. The largest absolute Gasteiger partial charge is 0.489 e. The van der Waals surface area contributed by atoms with Crippen molar-refractivity contribution in [2.24, 2.45) is 16.2 Å². The monoisotopic (exact) mass is 1010 g/mol. The lowest BCUT2D eigenvalue weighted by Gasteiger charge is -2.63. The van der Waals surface area contributed by atoms with Gasteiger partial charge in [0.1, 0.15) is 42.4 Å². The van der Waals surface area contributed by atoms with Gasteiger partial charge in [-0.3, -0.25) is 24.1 Å². The number of nitrogens with one attached hydrogen (secondary N) is 3. The second-order valence-electron chi connectivity index (χ2n) is 21.5. The van der Waals surface area contributed by atoms with Crippen LogP contribution >= 0.6 is 22.9 Å². The first kappa shape index (κ1) is 51.7. The number of thiazole rings is 1. The zero-order valence-electron chi connectivity index (χ0n) is 41.4. The Kier molecular flexibility index (Phi) is 14.9. The number of anilines is 1. The van der Waals surface area contributed by atoms with Crippen LogP contribution in [0.3, 0.4) is 0 Å². The van der Waals surface area contributed by atoms with Crippen LogP contribution < -0.4 is 25.6 Å². The predicted molar refractivity (Wildman–Crippen MR) is 268 cm³/mol. The number of piperazine rings is 1. The Morgan fingerprint density at radius 3 is 2.31 bits per heavy atom. The first-order valence-corrected chi connectivity index (χ1v) is 25.3. The first-order valence-electron chi connectivity index (χ1n) is 24.0. The van der Waals surface area contributed by atoms with Crippen molar-refractivity contribution in [2.75, 3.05) is 44.3 Å². The third-order valence-corrected chi connectivity index (χ3v) is 15.9. The fourth-order valence-electron chi connectivity index (χ4n) is 11.2. The van der Waals surface area contributed by atoms with Crippen LogP contribution in [0, 0.1) is 34.5 Å². The highest BCUT2D eigenvalue weighted by molar-refractivity contribution is 7.13. The number of benzene rings is 2. The predicted octanol–water partition coefficient (Wildman–Crippen LogP) is 5.23. The van der Waals surface area contributed by atoms with Gasteiger partial charge in [0.2, 0.25) is 17.7 Å². The molecule has 19 heteroatoms. The van der Waals surface area contributed by atoms with E-state index in [1.54, 1.807) is 42.0 Å². The number of β-amino-alcohol motifs (C(OH)–C–C–N with tert-alkyl or cyclic N) is 1. The Morgan fingerprint density at radius 1 is 0.972 bits per heavy atom. The molecule has 0 radical (unpaired) electrons. The zero-order chi connectivity index (χ0) is 51.2. The topological polar surface area (TPSA) is 223 Å². The maximum absolute atomic E-state index is 14.1. The maximum Gasteiger partial charge on any atom is 0.253 e. The standard InChI is InChI=1S/C52H64ClN9O8S/c1-29-42(71-28-56-29)30-9-11-31(12-10-30)44(65)58-46(67)39-20-36(63)26-62(39)47(68)43(50(2,3)4)57-41(64)27-69-18-17-60-24-35-19-34(60)25-61(35)40-16-14-33(23-55-40)45(66)59-48-51(5,6)49(52(48,7)8)70-37-15-13-32(22-54)38(53)21-37/h9-16,21,23,28,34-36,39,43-44,48-49,63,65H,17-20,24-27H2,1-8H3,(H,57,64)(H,58,67)(H,59,66)/t34-,35-,36+,39-,43+,44-,48?,49?/m0/s1. The van der Waals surface area contributed by atoms with Crippen LogP contribution in [0.5, 0.6) is 5.75 Å². The number of rotatable bonds is 16. The molecular weight excluding hydrogens is 946 g/mol. The summed E-state index contributed by atoms with van der Waals surface area (Å²) in [6, 6.07) is 16.2. The molecule has 6 atom stereocenters. The summed E-state index contributed by atoms with van der Waals surface area (Å²) in [6.07, 6.45) is 0.0216. The second-order valence-corrected chi connectivity index (χ2v) is 22.8. The number of likely N-dealkylation sites (tertiary alicyclic amines) is 2. The minimum absolute atomic E-state index is 0.0172. The Bertz CT molecular complexity index is 2650. The van der Waals surface area contributed by atoms with E-state index in [2.05, 4.69) is 64.5 Å². The van der Waals surface area contributed by atoms with E-state index in [1.807, 2.05) is 52.0 Å². The number of amides is 4. The summed E-state index contributed by atoms with van der Waals surface area (Å²) in [5.41, 5.74) is 3.34. The summed E-state index contributed by atoms with van der Waals surface area (Å²) < 4.78 is 12.2. The smallest absolute Gasteiger partial charge is 0.253 e. The normalized spacial score (nSPS) is 24.1. The summed E-state index contributed by atoms with van der Waals surface area (Å²) in [7, 11) is 0. The van der Waals surface area contributed by atoms with E-state index in [-0.39, 0.29) is 49.7 Å². The van der Waals surface area contributed by atoms with Crippen molar-refractivity contribution in [1.29, 1.82) is 5.26 Å². The highest BCUT2D eigenvalue weighted by Gasteiger charge is 2.64. The molecule has 4 aromatic rings. The summed E-state index contributed by atoms with van der Waals surface area (Å²) in [6.45, 7) is 17.7. The average Bonchev–Trinajstić information content (AvgIpc) is 4.14. The third-order valence-electron chi connectivity index (χ3n) is 14.6. The van der Waals surface area contributed by atoms with Gasteiger partial charge in [0, 0.05) is 79.4 Å². The van der Waals surface area contributed by atoms with Crippen molar-refractivity contribution in [2.45, 2.75) is 117 Å². The number of hydrogen-bond acceptors (Lipinski definition) is 14. The Morgan fingerprint density at radius 2 is 1.70 bits per heavy atom. The molecule has 378 valence electrons. The van der Waals surface area contributed by atoms with Gasteiger partial charge in [-0.05, 0) is 48.6 Å². The van der Waals surface area contributed by atoms with Gasteiger partial charge in [-0.25, -0.2) is 9.97 Å². The van der Waals surface area contributed by atoms with Crippen LogP contribution in [0.15, 0.2) is 66.3 Å². The molecule has 3 aliphatic heterocycles. The van der Waals surface area contributed by atoms with E-state index in [4.69, 9.17) is 26.1 Å². The Labute approximate surface area is 423 Å². The third kappa shape index (κ3) is 10.8. The molecule has 5 heterocycles. The second kappa shape index (κ2) is 20.4. The van der Waals surface area contributed by atoms with Crippen LogP contribution in [0.2, 0.25) is 5.02 Å². The number of aromatic nitrogens is 2. The molecule has 5 N–H and O–H groups in total. The van der Waals surface area contributed by atoms with Gasteiger partial charge in [0.15, 0.2) is 6.23 Å². The number of carbonyl (C=O) groups excluding carboxylic acids is 4. The first-order chi connectivity index (χ1) is 33.6. The number of aliphatic hydroxyl groups is 2. The minimum Gasteiger partial charge on any atom is -0.489 e. The number of pyridine rings is 1. The lowest BCUT2D eigenvalue weighted by atomic mass is 9.49. The van der Waals surface area contributed by atoms with E-state index in [9.17, 15) is 34.7 Å². The molecule has 2 aromatic carbocycles. The number of nitrogens with zero attached hydrogens (tertiary/aromatic N) is 6.